The van der Waals surface area contributed by atoms with E-state index in [9.17, 15) is 0 Å². The van der Waals surface area contributed by atoms with Crippen LogP contribution in [0.25, 0.3) is 0 Å². The van der Waals surface area contributed by atoms with Gasteiger partial charge in [-0.2, -0.15) is 5.10 Å². The second kappa shape index (κ2) is 2.19. The highest BCUT2D eigenvalue weighted by Crippen LogP contribution is 2.11. The summed E-state index contributed by atoms with van der Waals surface area (Å²) in [5.41, 5.74) is 1.81. The Morgan fingerprint density at radius 2 is 2.44 bits per heavy atom. The quantitative estimate of drug-likeness (QED) is 0.584. The van der Waals surface area contributed by atoms with Crippen LogP contribution in [0.4, 0.5) is 0 Å². The fourth-order valence-corrected chi connectivity index (χ4v) is 0.779. The molecule has 0 saturated heterocycles. The second-order valence-corrected chi connectivity index (χ2v) is 2.14. The number of rotatable bonds is 1. The lowest BCUT2D eigenvalue weighted by molar-refractivity contribution is 0.193. The van der Waals surface area contributed by atoms with E-state index in [1.807, 2.05) is 6.92 Å². The number of aromatic nitrogens is 2. The molecule has 0 amide bonds. The number of nitrogens with one attached hydrogen (secondary N) is 1. The average molecular weight is 126 g/mol. The van der Waals surface area contributed by atoms with Crippen LogP contribution in [0.5, 0.6) is 0 Å². The topological polar surface area (TPSA) is 48.9 Å². The number of hydrogen-bond donors (Lipinski definition) is 2. The molecule has 1 aromatic heterocycles. The molecule has 0 saturated carbocycles. The molecule has 1 aromatic rings. The lowest BCUT2D eigenvalue weighted by Crippen LogP contribution is -1.92. The molecule has 2 N–H and O–H groups in total. The highest BCUT2D eigenvalue weighted by atomic mass is 16.3. The molecule has 1 atom stereocenters. The Morgan fingerprint density at radius 3 is 2.67 bits per heavy atom. The van der Waals surface area contributed by atoms with Crippen molar-refractivity contribution in [2.24, 2.45) is 0 Å². The van der Waals surface area contributed by atoms with Gasteiger partial charge < -0.3 is 5.11 Å². The van der Waals surface area contributed by atoms with Gasteiger partial charge in [-0.25, -0.2) is 0 Å². The number of nitrogens with zero attached hydrogens (tertiary/aromatic N) is 1. The Morgan fingerprint density at radius 1 is 1.78 bits per heavy atom. The largest absolute Gasteiger partial charge is 0.387 e. The molecule has 9 heavy (non-hydrogen) atoms. The predicted molar refractivity (Wildman–Crippen MR) is 34.0 cm³/mol. The standard InChI is InChI=1S/C6H10N2O/c1-4-3-7-8-6(4)5(2)9/h3,5,9H,1-2H3,(H,7,8)/t5-/m0/s1. The van der Waals surface area contributed by atoms with Crippen molar-refractivity contribution in [3.8, 4) is 0 Å². The summed E-state index contributed by atoms with van der Waals surface area (Å²) in [5, 5.41) is 15.5. The minimum absolute atomic E-state index is 0.438. The number of aliphatic hydroxyl groups excluding tert-OH is 1. The Balaban J connectivity index is 2.94. The van der Waals surface area contributed by atoms with Gasteiger partial charge >= 0.3 is 0 Å². The van der Waals surface area contributed by atoms with Crippen molar-refractivity contribution in [1.82, 2.24) is 10.2 Å². The summed E-state index contributed by atoms with van der Waals surface area (Å²) >= 11 is 0. The van der Waals surface area contributed by atoms with E-state index in [1.54, 1.807) is 13.1 Å². The van der Waals surface area contributed by atoms with Crippen molar-refractivity contribution in [3.63, 3.8) is 0 Å². The Hall–Kier alpha value is -0.830. The van der Waals surface area contributed by atoms with Crippen molar-refractivity contribution in [1.29, 1.82) is 0 Å². The minimum atomic E-state index is -0.438. The molecule has 0 spiro atoms. The van der Waals surface area contributed by atoms with Gasteiger partial charge in [0.1, 0.15) is 0 Å². The van der Waals surface area contributed by atoms with Gasteiger partial charge in [0.2, 0.25) is 0 Å². The van der Waals surface area contributed by atoms with Crippen LogP contribution in [0, 0.1) is 6.92 Å². The van der Waals surface area contributed by atoms with E-state index in [2.05, 4.69) is 10.2 Å². The van der Waals surface area contributed by atoms with Gasteiger partial charge in [-0.3, -0.25) is 5.10 Å². The number of aryl methyl sites for hydroxylation is 1. The maximum atomic E-state index is 9.02. The van der Waals surface area contributed by atoms with Gasteiger partial charge in [0, 0.05) is 0 Å². The molecule has 3 nitrogen and oxygen atoms in total. The molecular weight excluding hydrogens is 116 g/mol. The summed E-state index contributed by atoms with van der Waals surface area (Å²) in [6, 6.07) is 0. The summed E-state index contributed by atoms with van der Waals surface area (Å²) in [6.45, 7) is 3.62. The van der Waals surface area contributed by atoms with Crippen LogP contribution >= 0.6 is 0 Å². The van der Waals surface area contributed by atoms with E-state index in [4.69, 9.17) is 5.11 Å². The third kappa shape index (κ3) is 1.10. The first-order valence-electron chi connectivity index (χ1n) is 2.89. The highest BCUT2D eigenvalue weighted by molar-refractivity contribution is 5.15. The first-order chi connectivity index (χ1) is 4.22. The maximum Gasteiger partial charge on any atom is 0.0928 e. The predicted octanol–water partition coefficient (Wildman–Crippen LogP) is 0.771. The zero-order chi connectivity index (χ0) is 6.85. The summed E-state index contributed by atoms with van der Waals surface area (Å²) in [5.74, 6) is 0. The molecule has 0 aromatic carbocycles. The first kappa shape index (κ1) is 6.29. The minimum Gasteiger partial charge on any atom is -0.387 e. The maximum absolute atomic E-state index is 9.02. The average Bonchev–Trinajstić information content (AvgIpc) is 2.13. The third-order valence-corrected chi connectivity index (χ3v) is 1.29. The zero-order valence-electron chi connectivity index (χ0n) is 5.55. The number of H-pyrrole nitrogens is 1. The summed E-state index contributed by atoms with van der Waals surface area (Å²) in [6.07, 6.45) is 1.26. The zero-order valence-corrected chi connectivity index (χ0v) is 5.55. The Kier molecular flexibility index (Phi) is 1.53. The van der Waals surface area contributed by atoms with Crippen LogP contribution in [0.2, 0.25) is 0 Å². The molecule has 50 valence electrons. The molecule has 0 bridgehead atoms. The van der Waals surface area contributed by atoms with Gasteiger partial charge in [-0.15, -0.1) is 0 Å². The van der Waals surface area contributed by atoms with Crippen LogP contribution in [0.3, 0.4) is 0 Å². The van der Waals surface area contributed by atoms with Crippen LogP contribution in [0.15, 0.2) is 6.20 Å². The summed E-state index contributed by atoms with van der Waals surface area (Å²) < 4.78 is 0. The van der Waals surface area contributed by atoms with E-state index in [1.165, 1.54) is 0 Å². The summed E-state index contributed by atoms with van der Waals surface area (Å²) in [7, 11) is 0. The van der Waals surface area contributed by atoms with E-state index >= 15 is 0 Å². The molecular formula is C6H10N2O. The Labute approximate surface area is 53.7 Å². The van der Waals surface area contributed by atoms with E-state index in [0.717, 1.165) is 11.3 Å². The molecule has 0 aliphatic carbocycles. The molecule has 3 heteroatoms. The second-order valence-electron chi connectivity index (χ2n) is 2.14. The number of hydrogen-bond acceptors (Lipinski definition) is 2. The fourth-order valence-electron chi connectivity index (χ4n) is 0.779. The van der Waals surface area contributed by atoms with Gasteiger partial charge in [0.05, 0.1) is 18.0 Å². The van der Waals surface area contributed by atoms with Crippen molar-refractivity contribution >= 4 is 0 Å². The molecule has 0 aliphatic rings. The lowest BCUT2D eigenvalue weighted by atomic mass is 10.2. The van der Waals surface area contributed by atoms with Gasteiger partial charge in [0.15, 0.2) is 0 Å². The van der Waals surface area contributed by atoms with E-state index < -0.39 is 6.10 Å². The van der Waals surface area contributed by atoms with Gasteiger partial charge in [-0.1, -0.05) is 0 Å². The van der Waals surface area contributed by atoms with E-state index in [-0.39, 0.29) is 0 Å². The van der Waals surface area contributed by atoms with E-state index in [0.29, 0.717) is 0 Å². The van der Waals surface area contributed by atoms with Gasteiger partial charge in [0.25, 0.3) is 0 Å². The van der Waals surface area contributed by atoms with Crippen LogP contribution in [-0.2, 0) is 0 Å². The molecule has 1 rings (SSSR count). The molecule has 1 heterocycles. The van der Waals surface area contributed by atoms with Crippen molar-refractivity contribution in [3.05, 3.63) is 17.5 Å². The van der Waals surface area contributed by atoms with Crippen molar-refractivity contribution in [2.75, 3.05) is 0 Å². The van der Waals surface area contributed by atoms with Crippen LogP contribution in [0.1, 0.15) is 24.3 Å². The monoisotopic (exact) mass is 126 g/mol. The SMILES string of the molecule is Cc1cn[nH]c1[C@H](C)O. The van der Waals surface area contributed by atoms with Crippen molar-refractivity contribution < 1.29 is 5.11 Å². The van der Waals surface area contributed by atoms with Crippen LogP contribution in [-0.4, -0.2) is 15.3 Å². The van der Waals surface area contributed by atoms with Crippen molar-refractivity contribution in [2.45, 2.75) is 20.0 Å². The molecule has 0 aliphatic heterocycles. The number of aromatic amines is 1. The van der Waals surface area contributed by atoms with Crippen LogP contribution < -0.4 is 0 Å². The summed E-state index contributed by atoms with van der Waals surface area (Å²) in [4.78, 5) is 0. The highest BCUT2D eigenvalue weighted by Gasteiger charge is 2.04. The Bertz CT molecular complexity index is 193. The fraction of sp³-hybridized carbons (Fsp3) is 0.500. The molecule has 0 unspecified atom stereocenters. The molecule has 0 fully saturated rings. The first-order valence-corrected chi connectivity index (χ1v) is 2.89. The van der Waals surface area contributed by atoms with Gasteiger partial charge in [-0.05, 0) is 19.4 Å². The lowest BCUT2D eigenvalue weighted by Gasteiger charge is -1.99. The smallest absolute Gasteiger partial charge is 0.0928 e. The normalized spacial score (nSPS) is 13.7. The number of aliphatic hydroxyl groups is 1. The molecule has 0 radical (unpaired) electrons. The third-order valence-electron chi connectivity index (χ3n) is 1.29.